The van der Waals surface area contributed by atoms with Crippen LogP contribution >= 0.6 is 11.6 Å². The zero-order chi connectivity index (χ0) is 15.6. The Balaban J connectivity index is 2.37. The SMILES string of the molecule is CNc1ccc(Cl)cc1C(=O)Nc1c(F)cc(F)cc1F. The number of nitrogens with one attached hydrogen (secondary N) is 2. The van der Waals surface area contributed by atoms with Crippen molar-refractivity contribution in [1.82, 2.24) is 0 Å². The fourth-order valence-electron chi connectivity index (χ4n) is 1.76. The standard InChI is InChI=1S/C14H10ClF3N2O/c1-19-12-3-2-7(15)4-9(12)14(21)20-13-10(17)5-8(16)6-11(13)18/h2-6,19H,1H3,(H,20,21). The van der Waals surface area contributed by atoms with Gasteiger partial charge in [0, 0.05) is 29.9 Å². The normalized spacial score (nSPS) is 10.3. The van der Waals surface area contributed by atoms with Crippen LogP contribution in [0.15, 0.2) is 30.3 Å². The number of rotatable bonds is 3. The Labute approximate surface area is 123 Å². The number of hydrogen-bond donors (Lipinski definition) is 2. The molecule has 2 N–H and O–H groups in total. The van der Waals surface area contributed by atoms with Gasteiger partial charge in [-0.05, 0) is 18.2 Å². The third kappa shape index (κ3) is 3.28. The molecule has 0 unspecified atom stereocenters. The van der Waals surface area contributed by atoms with Crippen LogP contribution in [-0.2, 0) is 0 Å². The number of carbonyl (C=O) groups excluding carboxylic acids is 1. The summed E-state index contributed by atoms with van der Waals surface area (Å²) < 4.78 is 39.8. The summed E-state index contributed by atoms with van der Waals surface area (Å²) in [5.74, 6) is -4.24. The first-order valence-electron chi connectivity index (χ1n) is 5.85. The van der Waals surface area contributed by atoms with E-state index in [1.165, 1.54) is 6.07 Å². The van der Waals surface area contributed by atoms with Crippen LogP contribution in [0.25, 0.3) is 0 Å². The number of carbonyl (C=O) groups is 1. The van der Waals surface area contributed by atoms with Crippen molar-refractivity contribution < 1.29 is 18.0 Å². The molecule has 2 rings (SSSR count). The fourth-order valence-corrected chi connectivity index (χ4v) is 1.94. The Hall–Kier alpha value is -2.21. The van der Waals surface area contributed by atoms with Gasteiger partial charge in [0.15, 0.2) is 11.6 Å². The minimum absolute atomic E-state index is 0.105. The number of hydrogen-bond acceptors (Lipinski definition) is 2. The van der Waals surface area contributed by atoms with Gasteiger partial charge >= 0.3 is 0 Å². The molecule has 0 saturated carbocycles. The Bertz CT molecular complexity index is 684. The highest BCUT2D eigenvalue weighted by atomic mass is 35.5. The molecule has 0 fully saturated rings. The predicted octanol–water partition coefficient (Wildman–Crippen LogP) is 4.05. The lowest BCUT2D eigenvalue weighted by atomic mass is 10.1. The van der Waals surface area contributed by atoms with Crippen molar-refractivity contribution in [3.8, 4) is 0 Å². The van der Waals surface area contributed by atoms with E-state index in [4.69, 9.17) is 11.6 Å². The maximum Gasteiger partial charge on any atom is 0.257 e. The van der Waals surface area contributed by atoms with Crippen LogP contribution in [0, 0.1) is 17.5 Å². The average molecular weight is 315 g/mol. The van der Waals surface area contributed by atoms with E-state index in [0.29, 0.717) is 22.8 Å². The molecule has 0 bridgehead atoms. The van der Waals surface area contributed by atoms with Gasteiger partial charge < -0.3 is 10.6 Å². The quantitative estimate of drug-likeness (QED) is 0.897. The molecule has 0 spiro atoms. The molecule has 1 amide bonds. The number of amides is 1. The molecular formula is C14H10ClF3N2O. The van der Waals surface area contributed by atoms with Crippen molar-refractivity contribution in [3.05, 3.63) is 58.4 Å². The van der Waals surface area contributed by atoms with Crippen LogP contribution in [0.2, 0.25) is 5.02 Å². The molecule has 0 saturated heterocycles. The Kier molecular flexibility index (Phi) is 4.37. The van der Waals surface area contributed by atoms with E-state index >= 15 is 0 Å². The van der Waals surface area contributed by atoms with E-state index in [-0.39, 0.29) is 5.56 Å². The summed E-state index contributed by atoms with van der Waals surface area (Å²) in [6.07, 6.45) is 0. The van der Waals surface area contributed by atoms with Gasteiger partial charge in [0.1, 0.15) is 11.5 Å². The van der Waals surface area contributed by atoms with Crippen LogP contribution in [0.1, 0.15) is 10.4 Å². The number of benzene rings is 2. The van der Waals surface area contributed by atoms with Crippen LogP contribution in [-0.4, -0.2) is 13.0 Å². The predicted molar refractivity (Wildman–Crippen MR) is 75.3 cm³/mol. The van der Waals surface area contributed by atoms with Crippen LogP contribution in [0.4, 0.5) is 24.5 Å². The molecule has 21 heavy (non-hydrogen) atoms. The summed E-state index contributed by atoms with van der Waals surface area (Å²) in [7, 11) is 1.58. The van der Waals surface area contributed by atoms with Gasteiger partial charge in [0.2, 0.25) is 0 Å². The highest BCUT2D eigenvalue weighted by Crippen LogP contribution is 2.24. The maximum atomic E-state index is 13.5. The summed E-state index contributed by atoms with van der Waals surface area (Å²) in [6, 6.07) is 5.42. The highest BCUT2D eigenvalue weighted by molar-refractivity contribution is 6.31. The smallest absolute Gasteiger partial charge is 0.257 e. The van der Waals surface area contributed by atoms with Crippen molar-refractivity contribution in [2.24, 2.45) is 0 Å². The monoisotopic (exact) mass is 314 g/mol. The van der Waals surface area contributed by atoms with Gasteiger partial charge in [-0.3, -0.25) is 4.79 Å². The highest BCUT2D eigenvalue weighted by Gasteiger charge is 2.17. The molecule has 0 heterocycles. The number of anilines is 2. The molecule has 0 aromatic heterocycles. The van der Waals surface area contributed by atoms with Crippen LogP contribution in [0.3, 0.4) is 0 Å². The molecule has 2 aromatic rings. The fraction of sp³-hybridized carbons (Fsp3) is 0.0714. The van der Waals surface area contributed by atoms with E-state index in [1.807, 2.05) is 0 Å². The summed E-state index contributed by atoms with van der Waals surface area (Å²) in [6.45, 7) is 0. The molecule has 0 atom stereocenters. The van der Waals surface area contributed by atoms with Crippen molar-refractivity contribution in [2.45, 2.75) is 0 Å². The van der Waals surface area contributed by atoms with Gasteiger partial charge in [0.05, 0.1) is 5.56 Å². The minimum atomic E-state index is -1.20. The van der Waals surface area contributed by atoms with Crippen LogP contribution in [0.5, 0.6) is 0 Å². The molecule has 110 valence electrons. The Morgan fingerprint density at radius 2 is 1.71 bits per heavy atom. The second-order valence-corrected chi connectivity index (χ2v) is 4.57. The van der Waals surface area contributed by atoms with Gasteiger partial charge in [-0.25, -0.2) is 13.2 Å². The van der Waals surface area contributed by atoms with E-state index in [2.05, 4.69) is 10.6 Å². The first kappa shape index (κ1) is 15.2. The molecule has 2 aromatic carbocycles. The molecule has 0 aliphatic carbocycles. The third-order valence-corrected chi connectivity index (χ3v) is 2.98. The zero-order valence-corrected chi connectivity index (χ0v) is 11.6. The molecule has 7 heteroatoms. The second kappa shape index (κ2) is 6.05. The maximum absolute atomic E-state index is 13.5. The topological polar surface area (TPSA) is 41.1 Å². The summed E-state index contributed by atoms with van der Waals surface area (Å²) >= 11 is 5.80. The van der Waals surface area contributed by atoms with E-state index in [1.54, 1.807) is 19.2 Å². The Morgan fingerprint density at radius 3 is 2.29 bits per heavy atom. The summed E-state index contributed by atoms with van der Waals surface area (Å²) in [4.78, 5) is 12.1. The molecule has 0 radical (unpaired) electrons. The first-order valence-corrected chi connectivity index (χ1v) is 6.23. The van der Waals surface area contributed by atoms with Gasteiger partial charge in [-0.2, -0.15) is 0 Å². The molecular weight excluding hydrogens is 305 g/mol. The summed E-state index contributed by atoms with van der Waals surface area (Å²) in [5, 5.41) is 5.12. The van der Waals surface area contributed by atoms with E-state index in [0.717, 1.165) is 0 Å². The summed E-state index contributed by atoms with van der Waals surface area (Å²) in [5.41, 5.74) is -0.184. The minimum Gasteiger partial charge on any atom is -0.387 e. The van der Waals surface area contributed by atoms with Crippen molar-refractivity contribution in [1.29, 1.82) is 0 Å². The van der Waals surface area contributed by atoms with Crippen molar-refractivity contribution >= 4 is 28.9 Å². The van der Waals surface area contributed by atoms with E-state index in [9.17, 15) is 18.0 Å². The second-order valence-electron chi connectivity index (χ2n) is 4.14. The van der Waals surface area contributed by atoms with Gasteiger partial charge in [0.25, 0.3) is 5.91 Å². The van der Waals surface area contributed by atoms with Gasteiger partial charge in [-0.1, -0.05) is 11.6 Å². The first-order chi connectivity index (χ1) is 9.92. The lowest BCUT2D eigenvalue weighted by molar-refractivity contribution is 0.102. The molecule has 0 aliphatic heterocycles. The average Bonchev–Trinajstić information content (AvgIpc) is 2.42. The molecule has 3 nitrogen and oxygen atoms in total. The van der Waals surface area contributed by atoms with Crippen LogP contribution < -0.4 is 10.6 Å². The Morgan fingerprint density at radius 1 is 1.10 bits per heavy atom. The molecule has 0 aliphatic rings. The van der Waals surface area contributed by atoms with E-state index < -0.39 is 29.0 Å². The third-order valence-electron chi connectivity index (χ3n) is 2.74. The van der Waals surface area contributed by atoms with Gasteiger partial charge in [-0.15, -0.1) is 0 Å². The lowest BCUT2D eigenvalue weighted by Crippen LogP contribution is -2.16. The lowest BCUT2D eigenvalue weighted by Gasteiger charge is -2.11. The number of halogens is 4. The van der Waals surface area contributed by atoms with Crippen molar-refractivity contribution in [3.63, 3.8) is 0 Å². The largest absolute Gasteiger partial charge is 0.387 e. The van der Waals surface area contributed by atoms with Crippen molar-refractivity contribution in [2.75, 3.05) is 17.7 Å². The zero-order valence-electron chi connectivity index (χ0n) is 10.8.